The van der Waals surface area contributed by atoms with Crippen LogP contribution < -0.4 is 10.6 Å². The molecule has 9 heteroatoms. The van der Waals surface area contributed by atoms with Crippen molar-refractivity contribution in [2.75, 3.05) is 10.6 Å². The maximum atomic E-state index is 13.2. The summed E-state index contributed by atoms with van der Waals surface area (Å²) in [6.07, 6.45) is 0.220. The van der Waals surface area contributed by atoms with E-state index >= 15 is 0 Å². The number of nitrogens with zero attached hydrogens (tertiary/aromatic N) is 2. The van der Waals surface area contributed by atoms with E-state index in [0.29, 0.717) is 5.13 Å². The fourth-order valence-electron chi connectivity index (χ4n) is 4.07. The Morgan fingerprint density at radius 2 is 1.51 bits per heavy atom. The first-order valence-corrected chi connectivity index (χ1v) is 11.8. The molecule has 0 fully saturated rings. The van der Waals surface area contributed by atoms with Gasteiger partial charge in [-0.25, -0.2) is 4.98 Å². The quantitative estimate of drug-likeness (QED) is 0.390. The van der Waals surface area contributed by atoms with E-state index in [1.54, 1.807) is 55.5 Å². The number of amides is 4. The zero-order chi connectivity index (χ0) is 24.5. The van der Waals surface area contributed by atoms with Crippen molar-refractivity contribution < 1.29 is 19.2 Å². The average Bonchev–Trinajstić information content (AvgIpc) is 3.39. The van der Waals surface area contributed by atoms with Gasteiger partial charge in [0.15, 0.2) is 5.13 Å². The number of carbonyl (C=O) groups excluding carboxylic acids is 4. The minimum Gasteiger partial charge on any atom is -0.324 e. The van der Waals surface area contributed by atoms with Gasteiger partial charge in [0.05, 0.1) is 32.6 Å². The van der Waals surface area contributed by atoms with Gasteiger partial charge in [-0.1, -0.05) is 54.7 Å². The van der Waals surface area contributed by atoms with Gasteiger partial charge in [-0.15, -0.1) is 0 Å². The molecule has 0 spiro atoms. The van der Waals surface area contributed by atoms with Crippen LogP contribution in [0.2, 0.25) is 0 Å². The molecule has 1 unspecified atom stereocenters. The third-order valence-electron chi connectivity index (χ3n) is 5.77. The number of hydrogen-bond acceptors (Lipinski definition) is 6. The van der Waals surface area contributed by atoms with Gasteiger partial charge < -0.3 is 5.32 Å². The molecule has 0 saturated heterocycles. The lowest BCUT2D eigenvalue weighted by molar-refractivity contribution is -0.120. The van der Waals surface area contributed by atoms with Crippen molar-refractivity contribution in [2.45, 2.75) is 19.4 Å². The number of benzene rings is 3. The molecule has 35 heavy (non-hydrogen) atoms. The molecular formula is C26H20N4O4S. The highest BCUT2D eigenvalue weighted by atomic mass is 32.1. The molecule has 1 aliphatic rings. The summed E-state index contributed by atoms with van der Waals surface area (Å²) in [5, 5.41) is 5.96. The Bertz CT molecular complexity index is 1430. The molecular weight excluding hydrogens is 464 g/mol. The van der Waals surface area contributed by atoms with Crippen LogP contribution in [-0.2, 0) is 4.79 Å². The van der Waals surface area contributed by atoms with E-state index in [0.717, 1.165) is 15.1 Å². The van der Waals surface area contributed by atoms with Crippen molar-refractivity contribution in [3.8, 4) is 0 Å². The minimum atomic E-state index is -1.03. The van der Waals surface area contributed by atoms with Gasteiger partial charge >= 0.3 is 0 Å². The van der Waals surface area contributed by atoms with E-state index in [2.05, 4.69) is 15.6 Å². The Labute approximate surface area is 204 Å². The minimum absolute atomic E-state index is 0.220. The Morgan fingerprint density at radius 3 is 2.20 bits per heavy atom. The van der Waals surface area contributed by atoms with Gasteiger partial charge in [-0.05, 0) is 42.8 Å². The molecule has 8 nitrogen and oxygen atoms in total. The highest BCUT2D eigenvalue weighted by Gasteiger charge is 2.42. The van der Waals surface area contributed by atoms with E-state index in [1.807, 2.05) is 24.3 Å². The molecule has 0 saturated carbocycles. The third-order valence-corrected chi connectivity index (χ3v) is 6.72. The third kappa shape index (κ3) is 4.06. The SMILES string of the molecule is CCC(C(=O)Nc1ccccc1C(=O)Nc1nc2ccccc2s1)N1C(=O)c2ccccc2C1=O. The average molecular weight is 485 g/mol. The lowest BCUT2D eigenvalue weighted by atomic mass is 10.1. The highest BCUT2D eigenvalue weighted by molar-refractivity contribution is 7.22. The predicted octanol–water partition coefficient (Wildman–Crippen LogP) is 4.56. The Balaban J connectivity index is 1.36. The number of aromatic nitrogens is 1. The summed E-state index contributed by atoms with van der Waals surface area (Å²) >= 11 is 1.35. The van der Waals surface area contributed by atoms with E-state index in [1.165, 1.54) is 11.3 Å². The molecule has 2 heterocycles. The van der Waals surface area contributed by atoms with Gasteiger partial charge in [-0.2, -0.15) is 0 Å². The lowest BCUT2D eigenvalue weighted by Crippen LogP contribution is -2.47. The largest absolute Gasteiger partial charge is 0.324 e. The zero-order valence-corrected chi connectivity index (χ0v) is 19.5. The number of fused-ring (bicyclic) bond motifs is 2. The van der Waals surface area contributed by atoms with E-state index < -0.39 is 29.7 Å². The smallest absolute Gasteiger partial charge is 0.262 e. The molecule has 174 valence electrons. The molecule has 0 radical (unpaired) electrons. The number of carbonyl (C=O) groups is 4. The van der Waals surface area contributed by atoms with Gasteiger partial charge in [0.25, 0.3) is 17.7 Å². The number of para-hydroxylation sites is 2. The Kier molecular flexibility index (Phi) is 5.84. The van der Waals surface area contributed by atoms with Crippen LogP contribution in [0.1, 0.15) is 44.4 Å². The highest BCUT2D eigenvalue weighted by Crippen LogP contribution is 2.28. The summed E-state index contributed by atoms with van der Waals surface area (Å²) in [5.74, 6) is -2.00. The second kappa shape index (κ2) is 9.11. The van der Waals surface area contributed by atoms with Gasteiger partial charge in [0, 0.05) is 0 Å². The van der Waals surface area contributed by atoms with Gasteiger partial charge in [0.1, 0.15) is 6.04 Å². The van der Waals surface area contributed by atoms with E-state index in [-0.39, 0.29) is 28.8 Å². The van der Waals surface area contributed by atoms with Gasteiger partial charge in [0.2, 0.25) is 5.91 Å². The van der Waals surface area contributed by atoms with Crippen LogP contribution in [-0.4, -0.2) is 39.6 Å². The summed E-state index contributed by atoms with van der Waals surface area (Å²) in [6.45, 7) is 1.72. The van der Waals surface area contributed by atoms with Crippen LogP contribution >= 0.6 is 11.3 Å². The first-order valence-electron chi connectivity index (χ1n) is 11.0. The van der Waals surface area contributed by atoms with Crippen molar-refractivity contribution in [1.82, 2.24) is 9.88 Å². The molecule has 0 aliphatic carbocycles. The van der Waals surface area contributed by atoms with Crippen molar-refractivity contribution in [1.29, 1.82) is 0 Å². The molecule has 3 aromatic carbocycles. The van der Waals surface area contributed by atoms with Crippen LogP contribution in [0.4, 0.5) is 10.8 Å². The van der Waals surface area contributed by atoms with E-state index in [4.69, 9.17) is 0 Å². The number of rotatable bonds is 6. The summed E-state index contributed by atoms with van der Waals surface area (Å²) in [7, 11) is 0. The number of imide groups is 1. The normalized spacial score (nSPS) is 13.6. The first-order chi connectivity index (χ1) is 17.0. The maximum Gasteiger partial charge on any atom is 0.262 e. The molecule has 4 aromatic rings. The lowest BCUT2D eigenvalue weighted by Gasteiger charge is -2.24. The summed E-state index contributed by atoms with van der Waals surface area (Å²) < 4.78 is 0.941. The molecule has 1 atom stereocenters. The Hall–Kier alpha value is -4.37. The van der Waals surface area contributed by atoms with Crippen molar-refractivity contribution >= 4 is 56.0 Å². The van der Waals surface area contributed by atoms with Crippen molar-refractivity contribution in [3.05, 3.63) is 89.5 Å². The summed E-state index contributed by atoms with van der Waals surface area (Å²) in [4.78, 5) is 57.4. The fraction of sp³-hybridized carbons (Fsp3) is 0.115. The van der Waals surface area contributed by atoms with Crippen LogP contribution in [0.25, 0.3) is 10.2 Å². The number of hydrogen-bond donors (Lipinski definition) is 2. The van der Waals surface area contributed by atoms with Crippen molar-refractivity contribution in [3.63, 3.8) is 0 Å². The maximum absolute atomic E-state index is 13.2. The molecule has 4 amide bonds. The number of nitrogens with one attached hydrogen (secondary N) is 2. The molecule has 1 aliphatic heterocycles. The molecule has 0 bridgehead atoms. The zero-order valence-electron chi connectivity index (χ0n) is 18.6. The number of anilines is 2. The summed E-state index contributed by atoms with van der Waals surface area (Å²) in [6, 6.07) is 19.6. The van der Waals surface area contributed by atoms with Crippen LogP contribution in [0.3, 0.4) is 0 Å². The second-order valence-electron chi connectivity index (χ2n) is 7.93. The van der Waals surface area contributed by atoms with Gasteiger partial charge in [-0.3, -0.25) is 29.4 Å². The molecule has 5 rings (SSSR count). The van der Waals surface area contributed by atoms with Crippen LogP contribution in [0.5, 0.6) is 0 Å². The fourth-order valence-corrected chi connectivity index (χ4v) is 4.93. The standard InChI is InChI=1S/C26H20N4O4S/c1-2-20(30-24(33)15-9-3-4-10-16(15)25(30)34)23(32)27-18-12-6-5-11-17(18)22(31)29-26-28-19-13-7-8-14-21(19)35-26/h3-14,20H,2H2,1H3,(H,27,32)(H,28,29,31). The molecule has 1 aromatic heterocycles. The van der Waals surface area contributed by atoms with E-state index in [9.17, 15) is 19.2 Å². The topological polar surface area (TPSA) is 108 Å². The summed E-state index contributed by atoms with van der Waals surface area (Å²) in [5.41, 5.74) is 1.84. The second-order valence-corrected chi connectivity index (χ2v) is 8.96. The van der Waals surface area contributed by atoms with Crippen molar-refractivity contribution in [2.24, 2.45) is 0 Å². The van der Waals surface area contributed by atoms with Crippen LogP contribution in [0.15, 0.2) is 72.8 Å². The monoisotopic (exact) mass is 484 g/mol. The Morgan fingerprint density at radius 1 is 0.886 bits per heavy atom. The number of thiazole rings is 1. The first kappa shape index (κ1) is 22.4. The van der Waals surface area contributed by atoms with Crippen LogP contribution in [0, 0.1) is 0 Å². The molecule has 2 N–H and O–H groups in total. The predicted molar refractivity (Wildman–Crippen MR) is 134 cm³/mol.